The molecule has 9 nitrogen and oxygen atoms in total. The molecule has 9 heteroatoms. The van der Waals surface area contributed by atoms with Crippen molar-refractivity contribution in [3.8, 4) is 16.9 Å². The van der Waals surface area contributed by atoms with Crippen molar-refractivity contribution in [3.05, 3.63) is 99.4 Å². The predicted molar refractivity (Wildman–Crippen MR) is 156 cm³/mol. The quantitative estimate of drug-likeness (QED) is 0.102. The van der Waals surface area contributed by atoms with Gasteiger partial charge in [-0.2, -0.15) is 0 Å². The van der Waals surface area contributed by atoms with Crippen molar-refractivity contribution >= 4 is 23.0 Å². The number of benzene rings is 2. The molecule has 0 amide bonds. The number of anilines is 1. The Morgan fingerprint density at radius 1 is 1.00 bits per heavy atom. The third-order valence-electron chi connectivity index (χ3n) is 7.54. The molecule has 41 heavy (non-hydrogen) atoms. The molecule has 0 bridgehead atoms. The van der Waals surface area contributed by atoms with Crippen molar-refractivity contribution < 1.29 is 24.0 Å². The highest BCUT2D eigenvalue weighted by atomic mass is 16.6. The number of ether oxygens (including phenoxy) is 2. The van der Waals surface area contributed by atoms with Gasteiger partial charge in [-0.3, -0.25) is 14.9 Å². The largest absolute Gasteiger partial charge is 0.497 e. The number of nitrogens with one attached hydrogen (secondary N) is 1. The number of hydrogen-bond donors (Lipinski definition) is 1. The molecular weight excluding hydrogens is 522 g/mol. The summed E-state index contributed by atoms with van der Waals surface area (Å²) in [6.07, 6.45) is 7.03. The number of aromatic nitrogens is 1. The van der Waals surface area contributed by atoms with Gasteiger partial charge in [-0.25, -0.2) is 4.79 Å². The number of carbonyl (C=O) groups is 2. The predicted octanol–water partition coefficient (Wildman–Crippen LogP) is 6.54. The maximum atomic E-state index is 14.1. The van der Waals surface area contributed by atoms with E-state index in [0.29, 0.717) is 39.3 Å². The highest BCUT2D eigenvalue weighted by Gasteiger charge is 2.31. The van der Waals surface area contributed by atoms with Crippen molar-refractivity contribution in [1.82, 2.24) is 4.40 Å². The van der Waals surface area contributed by atoms with E-state index in [1.54, 1.807) is 61.0 Å². The monoisotopic (exact) mass is 555 g/mol. The van der Waals surface area contributed by atoms with Crippen LogP contribution in [0.25, 0.3) is 16.6 Å². The van der Waals surface area contributed by atoms with Crippen LogP contribution in [0.2, 0.25) is 0 Å². The van der Waals surface area contributed by atoms with Gasteiger partial charge >= 0.3 is 5.97 Å². The maximum absolute atomic E-state index is 14.1. The summed E-state index contributed by atoms with van der Waals surface area (Å²) in [4.78, 5) is 38.1. The molecule has 0 unspecified atom stereocenters. The minimum atomic E-state index is -0.504. The van der Waals surface area contributed by atoms with E-state index in [0.717, 1.165) is 36.8 Å². The lowest BCUT2D eigenvalue weighted by atomic mass is 9.94. The smallest absolute Gasteiger partial charge is 0.342 e. The zero-order valence-electron chi connectivity index (χ0n) is 23.2. The lowest BCUT2D eigenvalue weighted by Crippen LogP contribution is -2.24. The summed E-state index contributed by atoms with van der Waals surface area (Å²) in [5, 5.41) is 14.5. The Bertz CT molecular complexity index is 1570. The number of ketones is 1. The van der Waals surface area contributed by atoms with Gasteiger partial charge < -0.3 is 19.2 Å². The topological polar surface area (TPSA) is 112 Å². The Balaban J connectivity index is 1.68. The molecule has 1 fully saturated rings. The van der Waals surface area contributed by atoms with E-state index in [9.17, 15) is 19.7 Å². The third kappa shape index (κ3) is 5.94. The zero-order valence-corrected chi connectivity index (χ0v) is 23.2. The second-order valence-electron chi connectivity index (χ2n) is 10.2. The molecule has 2 aromatic carbocycles. The number of nitrogens with zero attached hydrogens (tertiary/aromatic N) is 2. The van der Waals surface area contributed by atoms with Crippen LogP contribution in [0.3, 0.4) is 0 Å². The molecule has 0 radical (unpaired) electrons. The van der Waals surface area contributed by atoms with E-state index in [4.69, 9.17) is 9.47 Å². The molecule has 0 atom stereocenters. The number of carbonyl (C=O) groups excluding carboxylic acids is 2. The van der Waals surface area contributed by atoms with E-state index in [2.05, 4.69) is 5.32 Å². The Hall–Kier alpha value is -4.66. The summed E-state index contributed by atoms with van der Waals surface area (Å²) in [5.74, 6) is -0.0906. The summed E-state index contributed by atoms with van der Waals surface area (Å²) >= 11 is 0. The molecule has 5 rings (SSSR count). The second-order valence-corrected chi connectivity index (χ2v) is 10.2. The fourth-order valence-corrected chi connectivity index (χ4v) is 5.49. The highest BCUT2D eigenvalue weighted by Crippen LogP contribution is 2.36. The van der Waals surface area contributed by atoms with Crippen molar-refractivity contribution in [1.29, 1.82) is 0 Å². The number of hydrogen-bond acceptors (Lipinski definition) is 7. The number of pyridine rings is 1. The normalized spacial score (nSPS) is 13.6. The van der Waals surface area contributed by atoms with Crippen LogP contribution in [0.4, 0.5) is 5.69 Å². The first-order valence-electron chi connectivity index (χ1n) is 13.9. The van der Waals surface area contributed by atoms with Crippen molar-refractivity contribution in [2.45, 2.75) is 51.6 Å². The number of fused-ring (bicyclic) bond motifs is 1. The maximum Gasteiger partial charge on any atom is 0.342 e. The van der Waals surface area contributed by atoms with Gasteiger partial charge in [0.15, 0.2) is 0 Å². The van der Waals surface area contributed by atoms with Crippen LogP contribution in [-0.2, 0) is 11.3 Å². The van der Waals surface area contributed by atoms with E-state index in [1.165, 1.54) is 6.42 Å². The Kier molecular flexibility index (Phi) is 8.33. The highest BCUT2D eigenvalue weighted by molar-refractivity contribution is 6.17. The molecule has 0 spiro atoms. The van der Waals surface area contributed by atoms with Crippen LogP contribution in [0.15, 0.2) is 66.9 Å². The van der Waals surface area contributed by atoms with Crippen LogP contribution in [-0.4, -0.2) is 40.8 Å². The number of esters is 1. The summed E-state index contributed by atoms with van der Waals surface area (Å²) in [6, 6.07) is 17.9. The lowest BCUT2D eigenvalue weighted by molar-refractivity contribution is -0.496. The van der Waals surface area contributed by atoms with Gasteiger partial charge in [0.05, 0.1) is 24.9 Å². The van der Waals surface area contributed by atoms with Crippen LogP contribution in [0, 0.1) is 10.1 Å². The SMILES string of the molecule is CCOC(=O)c1c(NC2CCCCC2)c(C(=O)c2ccc(OC)cc2)n2ccc(-c3ccc(C[N+](=O)[O-])cc3)cc12. The first-order valence-corrected chi connectivity index (χ1v) is 13.9. The summed E-state index contributed by atoms with van der Waals surface area (Å²) in [5.41, 5.74) is 4.42. The standard InChI is InChI=1S/C32H33N3O6/c1-3-41-32(37)28-27-19-24(22-11-9-21(10-12-22)20-35(38)39)17-18-34(27)30(29(28)33-25-7-5-4-6-8-25)31(36)23-13-15-26(40-2)16-14-23/h9-19,25,33H,3-8,20H2,1-2H3. The van der Waals surface area contributed by atoms with E-state index < -0.39 is 5.97 Å². The first-order chi connectivity index (χ1) is 19.9. The molecule has 0 saturated heterocycles. The van der Waals surface area contributed by atoms with Gasteiger partial charge in [-0.1, -0.05) is 43.5 Å². The van der Waals surface area contributed by atoms with Crippen LogP contribution < -0.4 is 10.1 Å². The van der Waals surface area contributed by atoms with Crippen molar-refractivity contribution in [3.63, 3.8) is 0 Å². The minimum Gasteiger partial charge on any atom is -0.497 e. The average Bonchev–Trinajstić information content (AvgIpc) is 3.30. The molecule has 1 aliphatic carbocycles. The fourth-order valence-electron chi connectivity index (χ4n) is 5.49. The Morgan fingerprint density at radius 2 is 1.71 bits per heavy atom. The molecule has 2 heterocycles. The molecule has 2 aromatic heterocycles. The van der Waals surface area contributed by atoms with E-state index in [1.807, 2.05) is 24.3 Å². The molecule has 0 aliphatic heterocycles. The lowest BCUT2D eigenvalue weighted by Gasteiger charge is -2.24. The number of methoxy groups -OCH3 is 1. The zero-order chi connectivity index (χ0) is 28.9. The molecule has 1 aliphatic rings. The molecule has 1 saturated carbocycles. The van der Waals surface area contributed by atoms with Crippen molar-refractivity contribution in [2.75, 3.05) is 19.0 Å². The molecule has 4 aromatic rings. The van der Waals surface area contributed by atoms with E-state index in [-0.39, 0.29) is 29.9 Å². The van der Waals surface area contributed by atoms with Crippen LogP contribution >= 0.6 is 0 Å². The molecule has 1 N–H and O–H groups in total. The van der Waals surface area contributed by atoms with Gasteiger partial charge in [0.1, 0.15) is 17.0 Å². The Labute approximate surface area is 238 Å². The van der Waals surface area contributed by atoms with Gasteiger partial charge in [0.25, 0.3) is 0 Å². The second kappa shape index (κ2) is 12.2. The van der Waals surface area contributed by atoms with Gasteiger partial charge in [0.2, 0.25) is 12.3 Å². The minimum absolute atomic E-state index is 0.130. The van der Waals surface area contributed by atoms with Gasteiger partial charge in [-0.05, 0) is 67.3 Å². The molecule has 212 valence electrons. The van der Waals surface area contributed by atoms with Crippen molar-refractivity contribution in [2.24, 2.45) is 0 Å². The Morgan fingerprint density at radius 3 is 2.34 bits per heavy atom. The third-order valence-corrected chi connectivity index (χ3v) is 7.54. The average molecular weight is 556 g/mol. The first kappa shape index (κ1) is 27.9. The van der Waals surface area contributed by atoms with Gasteiger partial charge in [0, 0.05) is 28.3 Å². The molecular formula is C32H33N3O6. The fraction of sp³-hybridized carbons (Fsp3) is 0.312. The number of rotatable bonds is 10. The van der Waals surface area contributed by atoms with Crippen LogP contribution in [0.5, 0.6) is 5.75 Å². The number of nitro groups is 1. The van der Waals surface area contributed by atoms with Gasteiger partial charge in [-0.15, -0.1) is 0 Å². The van der Waals surface area contributed by atoms with E-state index >= 15 is 0 Å². The summed E-state index contributed by atoms with van der Waals surface area (Å²) in [7, 11) is 1.57. The summed E-state index contributed by atoms with van der Waals surface area (Å²) in [6.45, 7) is 1.70. The summed E-state index contributed by atoms with van der Waals surface area (Å²) < 4.78 is 12.5. The van der Waals surface area contributed by atoms with Crippen LogP contribution in [0.1, 0.15) is 71.0 Å².